The Kier molecular flexibility index (Phi) is 3.77. The van der Waals surface area contributed by atoms with Gasteiger partial charge in [0.25, 0.3) is 0 Å². The minimum absolute atomic E-state index is 0.193. The predicted octanol–water partition coefficient (Wildman–Crippen LogP) is 0.376. The SMILES string of the molecule is CN(CC1(O)CCOCC1)C(=O)C1CC12CCNCC2. The van der Waals surface area contributed by atoms with E-state index in [0.717, 1.165) is 32.4 Å². The van der Waals surface area contributed by atoms with Gasteiger partial charge in [0.15, 0.2) is 0 Å². The van der Waals surface area contributed by atoms with Crippen molar-refractivity contribution in [2.24, 2.45) is 11.3 Å². The van der Waals surface area contributed by atoms with Gasteiger partial charge in [0.05, 0.1) is 5.60 Å². The van der Waals surface area contributed by atoms with Crippen LogP contribution in [0.4, 0.5) is 0 Å². The van der Waals surface area contributed by atoms with E-state index >= 15 is 0 Å². The Labute approximate surface area is 120 Å². The van der Waals surface area contributed by atoms with Crippen LogP contribution in [0.15, 0.2) is 0 Å². The van der Waals surface area contributed by atoms with Gasteiger partial charge in [0.1, 0.15) is 0 Å². The molecule has 2 N–H and O–H groups in total. The molecule has 0 aromatic heterocycles. The summed E-state index contributed by atoms with van der Waals surface area (Å²) in [4.78, 5) is 14.3. The summed E-state index contributed by atoms with van der Waals surface area (Å²) in [6.07, 6.45) is 4.54. The number of ether oxygens (including phenoxy) is 1. The van der Waals surface area contributed by atoms with Crippen molar-refractivity contribution in [3.05, 3.63) is 0 Å². The van der Waals surface area contributed by atoms with Crippen molar-refractivity contribution in [1.82, 2.24) is 10.2 Å². The fourth-order valence-electron chi connectivity index (χ4n) is 3.87. The van der Waals surface area contributed by atoms with E-state index in [9.17, 15) is 9.90 Å². The summed E-state index contributed by atoms with van der Waals surface area (Å²) >= 11 is 0. The zero-order valence-corrected chi connectivity index (χ0v) is 12.4. The first-order valence-electron chi connectivity index (χ1n) is 7.81. The van der Waals surface area contributed by atoms with Crippen LogP contribution >= 0.6 is 0 Å². The van der Waals surface area contributed by atoms with Gasteiger partial charge in [0, 0.05) is 45.6 Å². The average Bonchev–Trinajstić information content (AvgIpc) is 3.12. The molecule has 0 bridgehead atoms. The molecule has 3 fully saturated rings. The fraction of sp³-hybridized carbons (Fsp3) is 0.933. The Hall–Kier alpha value is -0.650. The minimum atomic E-state index is -0.751. The molecule has 1 aliphatic carbocycles. The summed E-state index contributed by atoms with van der Waals surface area (Å²) < 4.78 is 5.29. The molecule has 1 atom stereocenters. The largest absolute Gasteiger partial charge is 0.388 e. The molecule has 0 aromatic carbocycles. The minimum Gasteiger partial charge on any atom is -0.388 e. The van der Waals surface area contributed by atoms with E-state index in [-0.39, 0.29) is 17.2 Å². The molecule has 5 nitrogen and oxygen atoms in total. The van der Waals surface area contributed by atoms with Gasteiger partial charge in [-0.2, -0.15) is 0 Å². The number of amides is 1. The molecule has 1 spiro atoms. The van der Waals surface area contributed by atoms with Crippen LogP contribution in [0.25, 0.3) is 0 Å². The zero-order chi connectivity index (χ0) is 14.2. The first kappa shape index (κ1) is 14.3. The number of nitrogens with one attached hydrogen (secondary N) is 1. The smallest absolute Gasteiger partial charge is 0.226 e. The lowest BCUT2D eigenvalue weighted by Crippen LogP contribution is -2.48. The summed E-state index contributed by atoms with van der Waals surface area (Å²) in [5.41, 5.74) is -0.478. The quantitative estimate of drug-likeness (QED) is 0.785. The van der Waals surface area contributed by atoms with Crippen molar-refractivity contribution < 1.29 is 14.6 Å². The van der Waals surface area contributed by atoms with Gasteiger partial charge >= 0.3 is 0 Å². The van der Waals surface area contributed by atoms with Gasteiger partial charge in [-0.3, -0.25) is 4.79 Å². The number of carbonyl (C=O) groups excluding carboxylic acids is 1. The van der Waals surface area contributed by atoms with Crippen LogP contribution in [-0.4, -0.2) is 61.4 Å². The maximum atomic E-state index is 12.6. The number of aliphatic hydroxyl groups is 1. The molecular weight excluding hydrogens is 256 g/mol. The molecule has 0 radical (unpaired) electrons. The van der Waals surface area contributed by atoms with Gasteiger partial charge in [-0.15, -0.1) is 0 Å². The number of hydrogen-bond acceptors (Lipinski definition) is 4. The monoisotopic (exact) mass is 282 g/mol. The second-order valence-corrected chi connectivity index (χ2v) is 6.90. The van der Waals surface area contributed by atoms with E-state index in [1.807, 2.05) is 7.05 Å². The van der Waals surface area contributed by atoms with Gasteiger partial charge in [-0.05, 0) is 37.8 Å². The molecule has 3 aliphatic rings. The molecule has 1 amide bonds. The maximum Gasteiger partial charge on any atom is 0.226 e. The number of nitrogens with zero attached hydrogens (tertiary/aromatic N) is 1. The normalized spacial score (nSPS) is 31.0. The Morgan fingerprint density at radius 3 is 2.60 bits per heavy atom. The van der Waals surface area contributed by atoms with Crippen LogP contribution in [0.5, 0.6) is 0 Å². The molecule has 1 unspecified atom stereocenters. The van der Waals surface area contributed by atoms with Gasteiger partial charge in [-0.25, -0.2) is 0 Å². The average molecular weight is 282 g/mol. The maximum absolute atomic E-state index is 12.6. The molecule has 20 heavy (non-hydrogen) atoms. The topological polar surface area (TPSA) is 61.8 Å². The van der Waals surface area contributed by atoms with Crippen LogP contribution in [-0.2, 0) is 9.53 Å². The lowest BCUT2D eigenvalue weighted by molar-refractivity contribution is -0.139. The van der Waals surface area contributed by atoms with E-state index in [1.165, 1.54) is 0 Å². The fourth-order valence-corrected chi connectivity index (χ4v) is 3.87. The van der Waals surface area contributed by atoms with Crippen LogP contribution in [0, 0.1) is 11.3 Å². The molecule has 5 heteroatoms. The van der Waals surface area contributed by atoms with E-state index < -0.39 is 5.60 Å². The Morgan fingerprint density at radius 1 is 1.30 bits per heavy atom. The van der Waals surface area contributed by atoms with Crippen LogP contribution in [0.1, 0.15) is 32.1 Å². The highest BCUT2D eigenvalue weighted by Gasteiger charge is 2.58. The zero-order valence-electron chi connectivity index (χ0n) is 12.4. The van der Waals surface area contributed by atoms with Gasteiger partial charge in [0.2, 0.25) is 5.91 Å². The number of carbonyl (C=O) groups is 1. The number of likely N-dealkylation sites (N-methyl/N-ethyl adjacent to an activating group) is 1. The third kappa shape index (κ3) is 2.71. The van der Waals surface area contributed by atoms with Crippen LogP contribution < -0.4 is 5.32 Å². The Bertz CT molecular complexity index is 373. The molecule has 114 valence electrons. The van der Waals surface area contributed by atoms with Crippen LogP contribution in [0.3, 0.4) is 0 Å². The van der Waals surface area contributed by atoms with Crippen molar-refractivity contribution in [1.29, 1.82) is 0 Å². The Balaban J connectivity index is 1.55. The second kappa shape index (κ2) is 5.28. The molecule has 0 aromatic rings. The summed E-state index contributed by atoms with van der Waals surface area (Å²) in [6, 6.07) is 0. The number of hydrogen-bond donors (Lipinski definition) is 2. The molecule has 1 saturated carbocycles. The Morgan fingerprint density at radius 2 is 1.95 bits per heavy atom. The third-order valence-corrected chi connectivity index (χ3v) is 5.42. The van der Waals surface area contributed by atoms with E-state index in [2.05, 4.69) is 5.32 Å². The number of rotatable bonds is 3. The summed E-state index contributed by atoms with van der Waals surface area (Å²) in [7, 11) is 1.84. The highest BCUT2D eigenvalue weighted by molar-refractivity contribution is 5.82. The summed E-state index contributed by atoms with van der Waals surface area (Å²) in [6.45, 7) is 3.71. The molecular formula is C15H26N2O3. The summed E-state index contributed by atoms with van der Waals surface area (Å²) in [5, 5.41) is 13.9. The first-order chi connectivity index (χ1) is 9.55. The van der Waals surface area contributed by atoms with Gasteiger partial charge < -0.3 is 20.1 Å². The molecule has 2 aliphatic heterocycles. The van der Waals surface area contributed by atoms with Crippen molar-refractivity contribution >= 4 is 5.91 Å². The highest BCUT2D eigenvalue weighted by Crippen LogP contribution is 2.59. The lowest BCUT2D eigenvalue weighted by Gasteiger charge is -2.36. The molecule has 2 heterocycles. The summed E-state index contributed by atoms with van der Waals surface area (Å²) in [5.74, 6) is 0.421. The second-order valence-electron chi connectivity index (χ2n) is 6.90. The highest BCUT2D eigenvalue weighted by atomic mass is 16.5. The van der Waals surface area contributed by atoms with Crippen LogP contribution in [0.2, 0.25) is 0 Å². The van der Waals surface area contributed by atoms with Crippen molar-refractivity contribution in [3.8, 4) is 0 Å². The van der Waals surface area contributed by atoms with Crippen molar-refractivity contribution in [2.75, 3.05) is 39.9 Å². The van der Waals surface area contributed by atoms with E-state index in [4.69, 9.17) is 4.74 Å². The van der Waals surface area contributed by atoms with Gasteiger partial charge in [-0.1, -0.05) is 0 Å². The number of piperidine rings is 1. The van der Waals surface area contributed by atoms with E-state index in [1.54, 1.807) is 4.90 Å². The lowest BCUT2D eigenvalue weighted by atomic mass is 9.91. The van der Waals surface area contributed by atoms with Crippen molar-refractivity contribution in [3.63, 3.8) is 0 Å². The van der Waals surface area contributed by atoms with E-state index in [0.29, 0.717) is 32.6 Å². The third-order valence-electron chi connectivity index (χ3n) is 5.42. The van der Waals surface area contributed by atoms with Crippen molar-refractivity contribution in [2.45, 2.75) is 37.7 Å². The first-order valence-corrected chi connectivity index (χ1v) is 7.81. The predicted molar refractivity (Wildman–Crippen MR) is 75.3 cm³/mol. The molecule has 2 saturated heterocycles. The molecule has 3 rings (SSSR count). The standard InChI is InChI=1S/C15H26N2O3/c1-17(11-15(19)4-8-20-9-5-15)13(18)12-10-14(12)2-6-16-7-3-14/h12,16,19H,2-11H2,1H3.